The molecule has 0 saturated heterocycles. The highest BCUT2D eigenvalue weighted by Crippen LogP contribution is 2.21. The van der Waals surface area contributed by atoms with Crippen molar-refractivity contribution in [3.8, 4) is 0 Å². The Morgan fingerprint density at radius 2 is 1.67 bits per heavy atom. The van der Waals surface area contributed by atoms with Gasteiger partial charge in [-0.2, -0.15) is 0 Å². The Balaban J connectivity index is 2.32. The first kappa shape index (κ1) is 9.58. The van der Waals surface area contributed by atoms with Crippen molar-refractivity contribution < 1.29 is 9.59 Å². The molecule has 1 aromatic carbocycles. The van der Waals surface area contributed by atoms with Crippen molar-refractivity contribution in [1.82, 2.24) is 4.90 Å². The van der Waals surface area contributed by atoms with Gasteiger partial charge < -0.3 is 5.41 Å². The zero-order chi connectivity index (χ0) is 10.8. The van der Waals surface area contributed by atoms with E-state index >= 15 is 0 Å². The first-order chi connectivity index (χ1) is 7.25. The Hall–Kier alpha value is -1.97. The second kappa shape index (κ2) is 3.65. The topological polar surface area (TPSA) is 61.2 Å². The lowest BCUT2D eigenvalue weighted by molar-refractivity contribution is 0.0659. The molecular weight excluding hydrogens is 192 g/mol. The van der Waals surface area contributed by atoms with E-state index in [9.17, 15) is 9.59 Å². The second-order valence-electron chi connectivity index (χ2n) is 3.30. The SMILES string of the molecule is N=CCCN1C(=O)c2ccccc2C1=O. The molecule has 1 heterocycles. The Labute approximate surface area is 87.0 Å². The number of fused-ring (bicyclic) bond motifs is 1. The van der Waals surface area contributed by atoms with Crippen LogP contribution in [0.2, 0.25) is 0 Å². The normalized spacial score (nSPS) is 14.3. The first-order valence-electron chi connectivity index (χ1n) is 4.70. The molecular formula is C11H10N2O2. The Morgan fingerprint density at radius 1 is 1.13 bits per heavy atom. The molecule has 2 amide bonds. The van der Waals surface area contributed by atoms with E-state index in [1.54, 1.807) is 24.3 Å². The predicted octanol–water partition coefficient (Wildman–Crippen LogP) is 1.32. The summed E-state index contributed by atoms with van der Waals surface area (Å²) in [5.74, 6) is -0.505. The zero-order valence-corrected chi connectivity index (χ0v) is 8.06. The van der Waals surface area contributed by atoms with Gasteiger partial charge in [0, 0.05) is 13.0 Å². The van der Waals surface area contributed by atoms with Crippen molar-refractivity contribution in [2.24, 2.45) is 0 Å². The molecule has 0 bridgehead atoms. The van der Waals surface area contributed by atoms with E-state index in [0.29, 0.717) is 17.5 Å². The van der Waals surface area contributed by atoms with Crippen LogP contribution in [-0.2, 0) is 0 Å². The number of amides is 2. The van der Waals surface area contributed by atoms with Gasteiger partial charge in [-0.1, -0.05) is 12.1 Å². The van der Waals surface area contributed by atoms with Crippen LogP contribution in [0, 0.1) is 5.41 Å². The van der Waals surface area contributed by atoms with Gasteiger partial charge in [-0.05, 0) is 18.3 Å². The molecule has 0 fully saturated rings. The van der Waals surface area contributed by atoms with Crippen molar-refractivity contribution in [1.29, 1.82) is 5.41 Å². The highest BCUT2D eigenvalue weighted by atomic mass is 16.2. The molecule has 0 aliphatic carbocycles. The lowest BCUT2D eigenvalue weighted by atomic mass is 10.1. The number of carbonyl (C=O) groups excluding carboxylic acids is 2. The Kier molecular flexibility index (Phi) is 2.33. The monoisotopic (exact) mass is 202 g/mol. The summed E-state index contributed by atoms with van der Waals surface area (Å²) in [5.41, 5.74) is 0.931. The van der Waals surface area contributed by atoms with Gasteiger partial charge in [-0.3, -0.25) is 14.5 Å². The molecule has 1 aliphatic rings. The maximum atomic E-state index is 11.7. The van der Waals surface area contributed by atoms with Gasteiger partial charge >= 0.3 is 0 Å². The summed E-state index contributed by atoms with van der Waals surface area (Å²) in [4.78, 5) is 24.7. The van der Waals surface area contributed by atoms with Crippen LogP contribution in [0.25, 0.3) is 0 Å². The number of benzene rings is 1. The fraction of sp³-hybridized carbons (Fsp3) is 0.182. The molecule has 0 unspecified atom stereocenters. The van der Waals surface area contributed by atoms with E-state index < -0.39 is 0 Å². The third-order valence-electron chi connectivity index (χ3n) is 2.38. The third kappa shape index (κ3) is 1.44. The molecule has 0 atom stereocenters. The fourth-order valence-electron chi connectivity index (χ4n) is 1.64. The smallest absolute Gasteiger partial charge is 0.261 e. The maximum Gasteiger partial charge on any atom is 0.261 e. The van der Waals surface area contributed by atoms with Crippen LogP contribution in [0.3, 0.4) is 0 Å². The van der Waals surface area contributed by atoms with Crippen LogP contribution in [0.15, 0.2) is 24.3 Å². The molecule has 0 radical (unpaired) electrons. The van der Waals surface area contributed by atoms with Gasteiger partial charge in [-0.25, -0.2) is 0 Å². The van der Waals surface area contributed by atoms with Gasteiger partial charge in [-0.15, -0.1) is 0 Å². The van der Waals surface area contributed by atoms with E-state index in [4.69, 9.17) is 5.41 Å². The van der Waals surface area contributed by atoms with Crippen molar-refractivity contribution >= 4 is 18.0 Å². The number of hydrogen-bond donors (Lipinski definition) is 1. The van der Waals surface area contributed by atoms with E-state index in [0.717, 1.165) is 0 Å². The Morgan fingerprint density at radius 3 is 2.13 bits per heavy atom. The zero-order valence-electron chi connectivity index (χ0n) is 8.06. The van der Waals surface area contributed by atoms with Gasteiger partial charge in [0.2, 0.25) is 0 Å². The summed E-state index contributed by atoms with van der Waals surface area (Å²) < 4.78 is 0. The van der Waals surface area contributed by atoms with E-state index in [1.165, 1.54) is 11.1 Å². The highest BCUT2D eigenvalue weighted by molar-refractivity contribution is 6.21. The first-order valence-corrected chi connectivity index (χ1v) is 4.70. The maximum absolute atomic E-state index is 11.7. The molecule has 4 nitrogen and oxygen atoms in total. The van der Waals surface area contributed by atoms with Crippen molar-refractivity contribution in [2.45, 2.75) is 6.42 Å². The van der Waals surface area contributed by atoms with E-state index in [2.05, 4.69) is 0 Å². The third-order valence-corrected chi connectivity index (χ3v) is 2.38. The molecule has 1 aromatic rings. The number of nitrogens with one attached hydrogen (secondary N) is 1. The van der Waals surface area contributed by atoms with E-state index in [1.807, 2.05) is 0 Å². The van der Waals surface area contributed by atoms with Crippen LogP contribution in [0.4, 0.5) is 0 Å². The molecule has 0 saturated carbocycles. The van der Waals surface area contributed by atoms with Gasteiger partial charge in [0.1, 0.15) is 0 Å². The average Bonchev–Trinajstić information content (AvgIpc) is 2.51. The van der Waals surface area contributed by atoms with E-state index in [-0.39, 0.29) is 18.4 Å². The number of imide groups is 1. The number of nitrogens with zero attached hydrogens (tertiary/aromatic N) is 1. The van der Waals surface area contributed by atoms with Gasteiger partial charge in [0.05, 0.1) is 11.1 Å². The number of rotatable bonds is 3. The molecule has 0 aromatic heterocycles. The average molecular weight is 202 g/mol. The number of carbonyl (C=O) groups is 2. The van der Waals surface area contributed by atoms with Crippen LogP contribution in [0.5, 0.6) is 0 Å². The summed E-state index contributed by atoms with van der Waals surface area (Å²) in [6, 6.07) is 6.79. The molecule has 2 rings (SSSR count). The van der Waals surface area contributed by atoms with Crippen molar-refractivity contribution in [3.05, 3.63) is 35.4 Å². The largest absolute Gasteiger partial charge is 0.313 e. The number of hydrogen-bond acceptors (Lipinski definition) is 3. The summed E-state index contributed by atoms with van der Waals surface area (Å²) in [7, 11) is 0. The quantitative estimate of drug-likeness (QED) is 0.593. The minimum atomic E-state index is -0.252. The fourth-order valence-corrected chi connectivity index (χ4v) is 1.64. The Bertz CT molecular complexity index is 405. The molecule has 76 valence electrons. The molecule has 1 aliphatic heterocycles. The summed E-state index contributed by atoms with van der Waals surface area (Å²) in [6.07, 6.45) is 1.61. The summed E-state index contributed by atoms with van der Waals surface area (Å²) in [5, 5.41) is 6.89. The highest BCUT2D eigenvalue weighted by Gasteiger charge is 2.34. The van der Waals surface area contributed by atoms with Crippen LogP contribution >= 0.6 is 0 Å². The van der Waals surface area contributed by atoms with Gasteiger partial charge in [0.25, 0.3) is 11.8 Å². The van der Waals surface area contributed by atoms with Crippen molar-refractivity contribution in [2.75, 3.05) is 6.54 Å². The lowest BCUT2D eigenvalue weighted by Crippen LogP contribution is -2.30. The predicted molar refractivity (Wildman–Crippen MR) is 55.2 cm³/mol. The van der Waals surface area contributed by atoms with Crippen LogP contribution in [-0.4, -0.2) is 29.5 Å². The second-order valence-corrected chi connectivity index (χ2v) is 3.30. The molecule has 15 heavy (non-hydrogen) atoms. The summed E-state index contributed by atoms with van der Waals surface area (Å²) >= 11 is 0. The van der Waals surface area contributed by atoms with Crippen LogP contribution < -0.4 is 0 Å². The summed E-state index contributed by atoms with van der Waals surface area (Å²) in [6.45, 7) is 0.288. The molecule has 0 spiro atoms. The van der Waals surface area contributed by atoms with Crippen molar-refractivity contribution in [3.63, 3.8) is 0 Å². The minimum Gasteiger partial charge on any atom is -0.313 e. The van der Waals surface area contributed by atoms with Crippen LogP contribution in [0.1, 0.15) is 27.1 Å². The molecule has 1 N–H and O–H groups in total. The lowest BCUT2D eigenvalue weighted by Gasteiger charge is -2.11. The minimum absolute atomic E-state index is 0.252. The molecule has 4 heteroatoms. The van der Waals surface area contributed by atoms with Gasteiger partial charge in [0.15, 0.2) is 0 Å². The standard InChI is InChI=1S/C11H10N2O2/c12-6-3-7-13-10(14)8-4-1-2-5-9(8)11(13)15/h1-2,4-6,12H,3,7H2.